The molecule has 0 unspecified atom stereocenters. The molecule has 0 N–H and O–H groups in total. The molecule has 4 aliphatic carbocycles. The van der Waals surface area contributed by atoms with Crippen LogP contribution in [0.3, 0.4) is 0 Å². The van der Waals surface area contributed by atoms with E-state index in [4.69, 9.17) is 9.47 Å². The minimum absolute atomic E-state index is 0.206. The van der Waals surface area contributed by atoms with Gasteiger partial charge in [0.1, 0.15) is 0 Å². The van der Waals surface area contributed by atoms with Gasteiger partial charge in [-0.1, -0.05) is 51.5 Å². The van der Waals surface area contributed by atoms with E-state index in [9.17, 15) is 9.59 Å². The second-order valence-electron chi connectivity index (χ2n) is 10.8. The van der Waals surface area contributed by atoms with Crippen molar-refractivity contribution in [2.24, 2.45) is 23.2 Å². The summed E-state index contributed by atoms with van der Waals surface area (Å²) in [5.41, 5.74) is 1.08. The molecule has 32 heavy (non-hydrogen) atoms. The van der Waals surface area contributed by atoms with E-state index >= 15 is 0 Å². The highest BCUT2D eigenvalue weighted by Crippen LogP contribution is 2.60. The first-order valence-electron chi connectivity index (χ1n) is 13.0. The van der Waals surface area contributed by atoms with Crippen molar-refractivity contribution in [1.82, 2.24) is 0 Å². The van der Waals surface area contributed by atoms with Crippen molar-refractivity contribution in [3.05, 3.63) is 35.4 Å². The third-order valence-electron chi connectivity index (χ3n) is 7.99. The zero-order valence-corrected chi connectivity index (χ0v) is 19.8. The van der Waals surface area contributed by atoms with Crippen molar-refractivity contribution in [1.29, 1.82) is 0 Å². The second-order valence-corrected chi connectivity index (χ2v) is 10.8. The molecule has 4 fully saturated rings. The fraction of sp³-hybridized carbons (Fsp3) is 0.714. The number of benzene rings is 1. The maximum Gasteiger partial charge on any atom is 0.338 e. The molecule has 0 aromatic heterocycles. The molecule has 1 aromatic rings. The van der Waals surface area contributed by atoms with Crippen LogP contribution in [0.25, 0.3) is 0 Å². The molecule has 0 aliphatic heterocycles. The lowest BCUT2D eigenvalue weighted by Crippen LogP contribution is -2.48. The van der Waals surface area contributed by atoms with Gasteiger partial charge in [0.05, 0.1) is 24.3 Å². The van der Waals surface area contributed by atoms with Gasteiger partial charge in [-0.3, -0.25) is 0 Å². The summed E-state index contributed by atoms with van der Waals surface area (Å²) in [6, 6.07) is 6.80. The molecular weight excluding hydrogens is 400 g/mol. The van der Waals surface area contributed by atoms with Crippen LogP contribution in [0, 0.1) is 23.2 Å². The van der Waals surface area contributed by atoms with Crippen LogP contribution in [-0.4, -0.2) is 25.2 Å². The summed E-state index contributed by atoms with van der Waals surface area (Å²) in [6.07, 6.45) is 16.1. The first-order valence-corrected chi connectivity index (χ1v) is 13.0. The van der Waals surface area contributed by atoms with Crippen molar-refractivity contribution in [3.8, 4) is 0 Å². The molecule has 0 heterocycles. The Labute approximate surface area is 193 Å². The number of hydrogen-bond donors (Lipinski definition) is 0. The van der Waals surface area contributed by atoms with E-state index in [2.05, 4.69) is 6.92 Å². The quantitative estimate of drug-likeness (QED) is 0.260. The molecule has 1 aromatic carbocycles. The minimum Gasteiger partial charge on any atom is -0.462 e. The zero-order chi connectivity index (χ0) is 22.4. The molecular formula is C28H40O4. The van der Waals surface area contributed by atoms with Crippen LogP contribution in [0.2, 0.25) is 0 Å². The predicted molar refractivity (Wildman–Crippen MR) is 126 cm³/mol. The van der Waals surface area contributed by atoms with Crippen LogP contribution >= 0.6 is 0 Å². The van der Waals surface area contributed by atoms with E-state index in [0.29, 0.717) is 24.3 Å². The third-order valence-corrected chi connectivity index (χ3v) is 7.99. The minimum atomic E-state index is -0.355. The summed E-state index contributed by atoms with van der Waals surface area (Å²) in [5, 5.41) is 0. The maximum absolute atomic E-state index is 12.7. The molecule has 4 heteroatoms. The zero-order valence-electron chi connectivity index (χ0n) is 19.8. The molecule has 176 valence electrons. The van der Waals surface area contributed by atoms with Crippen LogP contribution in [0.1, 0.15) is 111 Å². The van der Waals surface area contributed by atoms with Crippen molar-refractivity contribution < 1.29 is 19.1 Å². The summed E-state index contributed by atoms with van der Waals surface area (Å²) in [5.74, 6) is 1.85. The summed E-state index contributed by atoms with van der Waals surface area (Å²) >= 11 is 0. The average Bonchev–Trinajstić information content (AvgIpc) is 2.78. The Hall–Kier alpha value is -1.84. The Morgan fingerprint density at radius 2 is 1.34 bits per heavy atom. The lowest BCUT2D eigenvalue weighted by atomic mass is 9.50. The van der Waals surface area contributed by atoms with E-state index < -0.39 is 0 Å². The van der Waals surface area contributed by atoms with E-state index in [1.807, 2.05) is 0 Å². The lowest BCUT2D eigenvalue weighted by molar-refractivity contribution is -0.0848. The van der Waals surface area contributed by atoms with Gasteiger partial charge in [0.25, 0.3) is 0 Å². The molecule has 0 atom stereocenters. The highest BCUT2D eigenvalue weighted by molar-refractivity contribution is 5.95. The van der Waals surface area contributed by atoms with Gasteiger partial charge in [-0.05, 0) is 80.9 Å². The summed E-state index contributed by atoms with van der Waals surface area (Å²) in [6.45, 7) is 3.19. The van der Waals surface area contributed by atoms with E-state index in [0.717, 1.165) is 30.6 Å². The fourth-order valence-corrected chi connectivity index (χ4v) is 6.85. The topological polar surface area (TPSA) is 52.6 Å². The molecule has 4 nitrogen and oxygen atoms in total. The third kappa shape index (κ3) is 5.94. The number of rotatable bonds is 12. The van der Waals surface area contributed by atoms with Gasteiger partial charge in [-0.25, -0.2) is 9.59 Å². The number of hydrogen-bond acceptors (Lipinski definition) is 4. The van der Waals surface area contributed by atoms with E-state index in [1.54, 1.807) is 24.3 Å². The van der Waals surface area contributed by atoms with Gasteiger partial charge in [0, 0.05) is 5.41 Å². The number of ether oxygens (including phenoxy) is 2. The lowest BCUT2D eigenvalue weighted by Gasteiger charge is -2.56. The molecule has 0 spiro atoms. The number of esters is 2. The molecule has 4 bridgehead atoms. The first kappa shape index (κ1) is 23.3. The Kier molecular flexibility index (Phi) is 7.91. The Balaban J connectivity index is 1.21. The standard InChI is InChI=1S/C28H40O4/c1-2-3-4-5-6-7-8-12-31-26(29)24-10-9-11-25(16-24)27(30)32-20-28-17-21-13-22(18-28)15-23(14-21)19-28/h9-11,16,21-23H,2-8,12-15,17-20H2,1H3. The Bertz CT molecular complexity index is 748. The highest BCUT2D eigenvalue weighted by Gasteiger charge is 2.51. The number of carbonyl (C=O) groups excluding carboxylic acids is 2. The van der Waals surface area contributed by atoms with Crippen molar-refractivity contribution in [3.63, 3.8) is 0 Å². The van der Waals surface area contributed by atoms with Gasteiger partial charge in [-0.15, -0.1) is 0 Å². The fourth-order valence-electron chi connectivity index (χ4n) is 6.85. The van der Waals surface area contributed by atoms with Crippen LogP contribution in [0.5, 0.6) is 0 Å². The van der Waals surface area contributed by atoms with Gasteiger partial charge < -0.3 is 9.47 Å². The van der Waals surface area contributed by atoms with Crippen LogP contribution in [0.4, 0.5) is 0 Å². The van der Waals surface area contributed by atoms with Crippen molar-refractivity contribution in [2.75, 3.05) is 13.2 Å². The highest BCUT2D eigenvalue weighted by atomic mass is 16.5. The van der Waals surface area contributed by atoms with Crippen LogP contribution in [0.15, 0.2) is 24.3 Å². The molecule has 0 amide bonds. The Morgan fingerprint density at radius 1 is 0.812 bits per heavy atom. The normalized spacial score (nSPS) is 28.0. The number of unbranched alkanes of at least 4 members (excludes halogenated alkanes) is 6. The van der Waals surface area contributed by atoms with Gasteiger partial charge >= 0.3 is 11.9 Å². The van der Waals surface area contributed by atoms with E-state index in [1.165, 1.54) is 70.6 Å². The Morgan fingerprint density at radius 3 is 1.94 bits per heavy atom. The monoisotopic (exact) mass is 440 g/mol. The summed E-state index contributed by atoms with van der Waals surface area (Å²) < 4.78 is 11.2. The largest absolute Gasteiger partial charge is 0.462 e. The van der Waals surface area contributed by atoms with Crippen LogP contribution < -0.4 is 0 Å². The molecule has 0 radical (unpaired) electrons. The van der Waals surface area contributed by atoms with E-state index in [-0.39, 0.29) is 17.4 Å². The predicted octanol–water partition coefficient (Wildman–Crippen LogP) is 6.97. The molecule has 0 saturated heterocycles. The van der Waals surface area contributed by atoms with Gasteiger partial charge in [0.15, 0.2) is 0 Å². The summed E-state index contributed by atoms with van der Waals surface area (Å²) in [7, 11) is 0. The number of carbonyl (C=O) groups is 2. The van der Waals surface area contributed by atoms with Gasteiger partial charge in [0.2, 0.25) is 0 Å². The van der Waals surface area contributed by atoms with Crippen molar-refractivity contribution >= 4 is 11.9 Å². The van der Waals surface area contributed by atoms with Crippen LogP contribution in [-0.2, 0) is 9.47 Å². The molecule has 4 aliphatic rings. The SMILES string of the molecule is CCCCCCCCCOC(=O)c1cccc(C(=O)OCC23CC4CC(CC(C4)C2)C3)c1. The molecule has 5 rings (SSSR count). The van der Waals surface area contributed by atoms with Gasteiger partial charge in [-0.2, -0.15) is 0 Å². The summed E-state index contributed by atoms with van der Waals surface area (Å²) in [4.78, 5) is 25.2. The molecule has 4 saturated carbocycles. The smallest absolute Gasteiger partial charge is 0.338 e. The van der Waals surface area contributed by atoms with Crippen molar-refractivity contribution in [2.45, 2.75) is 90.4 Å². The second kappa shape index (κ2) is 10.9. The average molecular weight is 441 g/mol. The first-order chi connectivity index (χ1) is 15.6. The maximum atomic E-state index is 12.7.